The molecule has 204 valence electrons. The average molecular weight is 555 g/mol. The van der Waals surface area contributed by atoms with Gasteiger partial charge in [0.25, 0.3) is 5.56 Å². The van der Waals surface area contributed by atoms with Gasteiger partial charge in [0.1, 0.15) is 5.82 Å². The lowest BCUT2D eigenvalue weighted by Crippen LogP contribution is -2.34. The number of nitriles is 1. The minimum absolute atomic E-state index is 0.0943. The summed E-state index contributed by atoms with van der Waals surface area (Å²) < 4.78 is 29.1. The molecule has 0 saturated heterocycles. The summed E-state index contributed by atoms with van der Waals surface area (Å²) in [6.45, 7) is 3.93. The molecule has 1 atom stereocenters. The van der Waals surface area contributed by atoms with Gasteiger partial charge in [-0.15, -0.1) is 0 Å². The molecule has 0 bridgehead atoms. The van der Waals surface area contributed by atoms with Crippen LogP contribution < -0.4 is 5.56 Å². The van der Waals surface area contributed by atoms with Gasteiger partial charge in [-0.3, -0.25) is 14.3 Å². The quantitative estimate of drug-likeness (QED) is 0.295. The molecule has 1 saturated carbocycles. The van der Waals surface area contributed by atoms with Gasteiger partial charge < -0.3 is 5.11 Å². The predicted molar refractivity (Wildman–Crippen MR) is 151 cm³/mol. The fourth-order valence-electron chi connectivity index (χ4n) is 5.15. The molecule has 2 aromatic heterocycles. The summed E-state index contributed by atoms with van der Waals surface area (Å²) >= 11 is 0. The summed E-state index contributed by atoms with van der Waals surface area (Å²) in [5, 5.41) is 20.4. The van der Waals surface area contributed by atoms with Crippen molar-refractivity contribution in [3.8, 4) is 23.1 Å². The topological polar surface area (TPSA) is 126 Å². The van der Waals surface area contributed by atoms with Crippen molar-refractivity contribution in [3.05, 3.63) is 99.9 Å². The molecule has 5 rings (SSSR count). The predicted octanol–water partition coefficient (Wildman–Crippen LogP) is 5.37. The normalized spacial score (nSPS) is 14.0. The standard InChI is InChI=1S/C31H30N4O4S/c1-3-4-8-27-34-30(36)29(31(37)35(27)28(23-9-10-23)24-7-5-6-21(17-24)18-32)40(38,39)25-13-11-22(12-14-25)26-15-16-33-19-20(26)2/h5-7,11-17,19,23,28,36H,3-4,8-10H2,1-2H3. The molecule has 40 heavy (non-hydrogen) atoms. The van der Waals surface area contributed by atoms with Gasteiger partial charge >= 0.3 is 0 Å². The highest BCUT2D eigenvalue weighted by atomic mass is 32.2. The highest BCUT2D eigenvalue weighted by Crippen LogP contribution is 2.44. The fourth-order valence-corrected chi connectivity index (χ4v) is 6.49. The van der Waals surface area contributed by atoms with E-state index in [1.54, 1.807) is 42.7 Å². The molecule has 2 heterocycles. The van der Waals surface area contributed by atoms with E-state index in [-0.39, 0.29) is 10.8 Å². The van der Waals surface area contributed by atoms with Crippen molar-refractivity contribution in [1.29, 1.82) is 5.26 Å². The Balaban J connectivity index is 1.66. The Labute approximate surface area is 233 Å². The molecule has 1 aliphatic carbocycles. The molecule has 4 aromatic rings. The molecule has 0 radical (unpaired) electrons. The first-order valence-electron chi connectivity index (χ1n) is 13.4. The van der Waals surface area contributed by atoms with Crippen molar-refractivity contribution in [1.82, 2.24) is 14.5 Å². The van der Waals surface area contributed by atoms with Gasteiger partial charge in [-0.1, -0.05) is 37.6 Å². The molecule has 1 aliphatic rings. The Kier molecular flexibility index (Phi) is 7.55. The number of aryl methyl sites for hydroxylation is 2. The lowest BCUT2D eigenvalue weighted by molar-refractivity contribution is 0.399. The number of hydrogen-bond donors (Lipinski definition) is 1. The maximum absolute atomic E-state index is 14.1. The first kappa shape index (κ1) is 27.3. The number of hydrogen-bond acceptors (Lipinski definition) is 7. The van der Waals surface area contributed by atoms with E-state index in [2.05, 4.69) is 16.0 Å². The van der Waals surface area contributed by atoms with Crippen LogP contribution in [-0.4, -0.2) is 28.1 Å². The first-order valence-corrected chi connectivity index (χ1v) is 14.8. The summed E-state index contributed by atoms with van der Waals surface area (Å²) in [6.07, 6.45) is 7.07. The minimum atomic E-state index is -4.41. The molecule has 8 nitrogen and oxygen atoms in total. The fraction of sp³-hybridized carbons (Fsp3) is 0.290. The van der Waals surface area contributed by atoms with Crippen LogP contribution in [0.5, 0.6) is 5.88 Å². The Morgan fingerprint density at radius 1 is 1.15 bits per heavy atom. The zero-order chi connectivity index (χ0) is 28.4. The lowest BCUT2D eigenvalue weighted by atomic mass is 9.99. The van der Waals surface area contributed by atoms with E-state index >= 15 is 0 Å². The third-order valence-electron chi connectivity index (χ3n) is 7.35. The van der Waals surface area contributed by atoms with Crippen LogP contribution in [-0.2, 0) is 16.3 Å². The molecule has 9 heteroatoms. The van der Waals surface area contributed by atoms with Gasteiger partial charge in [0.2, 0.25) is 15.7 Å². The number of sulfone groups is 1. The van der Waals surface area contributed by atoms with Crippen LogP contribution in [0.3, 0.4) is 0 Å². The molecule has 0 aliphatic heterocycles. The van der Waals surface area contributed by atoms with Crippen molar-refractivity contribution >= 4 is 9.84 Å². The van der Waals surface area contributed by atoms with Gasteiger partial charge in [-0.2, -0.15) is 10.2 Å². The summed E-state index contributed by atoms with van der Waals surface area (Å²) in [4.78, 5) is 21.7. The van der Waals surface area contributed by atoms with E-state index in [1.807, 2.05) is 26.0 Å². The van der Waals surface area contributed by atoms with Crippen molar-refractivity contribution in [2.24, 2.45) is 5.92 Å². The van der Waals surface area contributed by atoms with Crippen LogP contribution in [0.25, 0.3) is 11.1 Å². The van der Waals surface area contributed by atoms with Gasteiger partial charge in [0.05, 0.1) is 22.6 Å². The second-order valence-electron chi connectivity index (χ2n) is 10.2. The number of nitrogens with zero attached hydrogens (tertiary/aromatic N) is 4. The lowest BCUT2D eigenvalue weighted by Gasteiger charge is -2.24. The molecule has 1 unspecified atom stereocenters. The van der Waals surface area contributed by atoms with Crippen molar-refractivity contribution in [2.45, 2.75) is 61.8 Å². The Hall–Kier alpha value is -4.29. The third kappa shape index (κ3) is 5.15. The van der Waals surface area contributed by atoms with Gasteiger partial charge in [-0.25, -0.2) is 8.42 Å². The van der Waals surface area contributed by atoms with E-state index in [0.29, 0.717) is 24.2 Å². The van der Waals surface area contributed by atoms with E-state index in [1.165, 1.54) is 16.7 Å². The number of pyridine rings is 1. The smallest absolute Gasteiger partial charge is 0.277 e. The zero-order valence-corrected chi connectivity index (χ0v) is 23.2. The molecule has 1 N–H and O–H groups in total. The van der Waals surface area contributed by atoms with Crippen LogP contribution in [0.15, 0.2) is 81.6 Å². The van der Waals surface area contributed by atoms with Crippen LogP contribution in [0, 0.1) is 24.2 Å². The maximum Gasteiger partial charge on any atom is 0.277 e. The van der Waals surface area contributed by atoms with E-state index in [0.717, 1.165) is 41.5 Å². The van der Waals surface area contributed by atoms with E-state index in [4.69, 9.17) is 0 Å². The average Bonchev–Trinajstić information content (AvgIpc) is 3.79. The molecule has 0 amide bonds. The Bertz CT molecular complexity index is 1770. The number of benzene rings is 2. The minimum Gasteiger partial charge on any atom is -0.492 e. The van der Waals surface area contributed by atoms with Crippen LogP contribution in [0.1, 0.15) is 61.2 Å². The zero-order valence-electron chi connectivity index (χ0n) is 22.4. The third-order valence-corrected chi connectivity index (χ3v) is 9.14. The van der Waals surface area contributed by atoms with Gasteiger partial charge in [0.15, 0.2) is 4.90 Å². The Morgan fingerprint density at radius 3 is 2.55 bits per heavy atom. The second kappa shape index (κ2) is 11.1. The molecule has 0 spiro atoms. The SMILES string of the molecule is CCCCc1nc(O)c(S(=O)(=O)c2ccc(-c3ccncc3C)cc2)c(=O)n1C(c1cccc(C#N)c1)C1CC1. The maximum atomic E-state index is 14.1. The van der Waals surface area contributed by atoms with Crippen molar-refractivity contribution < 1.29 is 13.5 Å². The van der Waals surface area contributed by atoms with Gasteiger partial charge in [-0.05, 0) is 84.7 Å². The first-order chi connectivity index (χ1) is 19.3. The summed E-state index contributed by atoms with van der Waals surface area (Å²) in [5.41, 5.74) is 3.06. The molecular weight excluding hydrogens is 524 g/mol. The molecular formula is C31H30N4O4S. The van der Waals surface area contributed by atoms with Crippen LogP contribution in [0.2, 0.25) is 0 Å². The summed E-state index contributed by atoms with van der Waals surface area (Å²) in [7, 11) is -4.41. The number of aromatic nitrogens is 3. The highest BCUT2D eigenvalue weighted by molar-refractivity contribution is 7.91. The van der Waals surface area contributed by atoms with Crippen molar-refractivity contribution in [3.63, 3.8) is 0 Å². The highest BCUT2D eigenvalue weighted by Gasteiger charge is 2.38. The molecule has 2 aromatic carbocycles. The van der Waals surface area contributed by atoms with Crippen LogP contribution in [0.4, 0.5) is 0 Å². The number of aromatic hydroxyl groups is 1. The summed E-state index contributed by atoms with van der Waals surface area (Å²) in [5.74, 6) is -0.357. The largest absolute Gasteiger partial charge is 0.492 e. The second-order valence-corrected chi connectivity index (χ2v) is 12.1. The van der Waals surface area contributed by atoms with E-state index < -0.39 is 32.2 Å². The number of rotatable bonds is 9. The van der Waals surface area contributed by atoms with Gasteiger partial charge in [0, 0.05) is 18.8 Å². The monoisotopic (exact) mass is 554 g/mol. The van der Waals surface area contributed by atoms with E-state index in [9.17, 15) is 23.6 Å². The molecule has 1 fully saturated rings. The number of unbranched alkanes of at least 4 members (excludes halogenated alkanes) is 1. The van der Waals surface area contributed by atoms with Crippen LogP contribution >= 0.6 is 0 Å². The summed E-state index contributed by atoms with van der Waals surface area (Å²) in [6, 6.07) is 16.8. The Morgan fingerprint density at radius 2 is 1.90 bits per heavy atom. The van der Waals surface area contributed by atoms with Crippen molar-refractivity contribution in [2.75, 3.05) is 0 Å².